The molecule has 0 spiro atoms. The number of hydrogen-bond donors (Lipinski definition) is 0. The highest BCUT2D eigenvalue weighted by atomic mass is 32.1. The molecule has 3 rings (SSSR count). The third kappa shape index (κ3) is 4.37. The molecule has 6 nitrogen and oxygen atoms in total. The van der Waals surface area contributed by atoms with Gasteiger partial charge in [-0.2, -0.15) is 4.98 Å². The van der Waals surface area contributed by atoms with Crippen LogP contribution in [0.15, 0.2) is 40.5 Å². The van der Waals surface area contributed by atoms with Crippen molar-refractivity contribution in [2.75, 3.05) is 27.2 Å². The molecule has 0 unspecified atom stereocenters. The monoisotopic (exact) mass is 330 g/mol. The van der Waals surface area contributed by atoms with Crippen LogP contribution >= 0.6 is 11.3 Å². The minimum atomic E-state index is 0.587. The van der Waals surface area contributed by atoms with Crippen LogP contribution in [0.1, 0.15) is 10.8 Å². The zero-order valence-electron chi connectivity index (χ0n) is 13.1. The number of benzene rings is 1. The largest absolute Gasteiger partial charge is 0.492 e. The van der Waals surface area contributed by atoms with E-state index in [1.165, 1.54) is 0 Å². The van der Waals surface area contributed by atoms with Crippen LogP contribution in [0.3, 0.4) is 0 Å². The molecule has 0 aliphatic heterocycles. The van der Waals surface area contributed by atoms with Crippen molar-refractivity contribution < 1.29 is 9.26 Å². The lowest BCUT2D eigenvalue weighted by molar-refractivity contribution is 0.261. The lowest BCUT2D eigenvalue weighted by atomic mass is 10.2. The highest BCUT2D eigenvalue weighted by molar-refractivity contribution is 7.09. The molecular weight excluding hydrogens is 312 g/mol. The van der Waals surface area contributed by atoms with E-state index in [2.05, 4.69) is 20.0 Å². The Hall–Kier alpha value is -2.25. The number of rotatable bonds is 7. The first-order valence-electron chi connectivity index (χ1n) is 7.28. The molecule has 0 saturated carbocycles. The zero-order chi connectivity index (χ0) is 16.1. The van der Waals surface area contributed by atoms with Gasteiger partial charge in [-0.15, -0.1) is 11.3 Å². The average Bonchev–Trinajstić information content (AvgIpc) is 3.20. The minimum Gasteiger partial charge on any atom is -0.492 e. The van der Waals surface area contributed by atoms with Gasteiger partial charge >= 0.3 is 0 Å². The summed E-state index contributed by atoms with van der Waals surface area (Å²) < 4.78 is 11.0. The Kier molecular flexibility index (Phi) is 4.99. The summed E-state index contributed by atoms with van der Waals surface area (Å²) >= 11 is 1.58. The fourth-order valence-electron chi connectivity index (χ4n) is 1.97. The van der Waals surface area contributed by atoms with Crippen molar-refractivity contribution >= 4 is 11.3 Å². The number of aromatic nitrogens is 3. The van der Waals surface area contributed by atoms with Crippen molar-refractivity contribution in [2.45, 2.75) is 6.42 Å². The van der Waals surface area contributed by atoms with Crippen molar-refractivity contribution in [1.29, 1.82) is 0 Å². The molecule has 0 amide bonds. The fraction of sp³-hybridized carbons (Fsp3) is 0.312. The highest BCUT2D eigenvalue weighted by Crippen LogP contribution is 2.21. The number of likely N-dealkylation sites (N-methyl/N-ethyl adjacent to an activating group) is 1. The number of thiazole rings is 1. The Bertz CT molecular complexity index is 723. The molecule has 0 bridgehead atoms. The standard InChI is InChI=1S/C16H18N4O2S/c1-20(2)7-8-21-13-5-3-12(4-6-13)16-18-15(22-19-16)9-14-10-17-11-23-14/h3-6,10-11H,7-9H2,1-2H3. The van der Waals surface area contributed by atoms with Gasteiger partial charge in [0.2, 0.25) is 11.7 Å². The van der Waals surface area contributed by atoms with E-state index in [1.807, 2.05) is 44.6 Å². The SMILES string of the molecule is CN(C)CCOc1ccc(-c2noc(Cc3cncs3)n2)cc1. The maximum Gasteiger partial charge on any atom is 0.232 e. The van der Waals surface area contributed by atoms with E-state index in [0.29, 0.717) is 24.7 Å². The van der Waals surface area contributed by atoms with E-state index in [1.54, 1.807) is 16.8 Å². The van der Waals surface area contributed by atoms with E-state index in [-0.39, 0.29) is 0 Å². The van der Waals surface area contributed by atoms with Crippen molar-refractivity contribution in [1.82, 2.24) is 20.0 Å². The summed E-state index contributed by atoms with van der Waals surface area (Å²) in [5, 5.41) is 4.03. The molecule has 0 aliphatic rings. The lowest BCUT2D eigenvalue weighted by Gasteiger charge is -2.10. The predicted octanol–water partition coefficient (Wildman–Crippen LogP) is 2.72. The second kappa shape index (κ2) is 7.34. The first-order chi connectivity index (χ1) is 11.2. The Morgan fingerprint density at radius 3 is 2.74 bits per heavy atom. The van der Waals surface area contributed by atoms with Crippen LogP contribution in [0.25, 0.3) is 11.4 Å². The van der Waals surface area contributed by atoms with Gasteiger partial charge in [0, 0.05) is 23.2 Å². The van der Waals surface area contributed by atoms with Crippen LogP contribution < -0.4 is 4.74 Å². The van der Waals surface area contributed by atoms with Gasteiger partial charge < -0.3 is 14.2 Å². The number of nitrogens with zero attached hydrogens (tertiary/aromatic N) is 4. The second-order valence-corrected chi connectivity index (χ2v) is 6.30. The molecule has 0 atom stereocenters. The van der Waals surface area contributed by atoms with E-state index in [4.69, 9.17) is 9.26 Å². The third-order valence-electron chi connectivity index (χ3n) is 3.20. The number of ether oxygens (including phenoxy) is 1. The van der Waals surface area contributed by atoms with E-state index >= 15 is 0 Å². The first kappa shape index (κ1) is 15.6. The van der Waals surface area contributed by atoms with Crippen LogP contribution in [0.2, 0.25) is 0 Å². The highest BCUT2D eigenvalue weighted by Gasteiger charge is 2.10. The maximum atomic E-state index is 5.67. The third-order valence-corrected chi connectivity index (χ3v) is 3.98. The molecule has 2 aromatic heterocycles. The summed E-state index contributed by atoms with van der Waals surface area (Å²) in [7, 11) is 4.04. The molecule has 0 radical (unpaired) electrons. The minimum absolute atomic E-state index is 0.587. The Labute approximate surface area is 138 Å². The predicted molar refractivity (Wildman–Crippen MR) is 88.7 cm³/mol. The molecule has 2 heterocycles. The topological polar surface area (TPSA) is 64.3 Å². The van der Waals surface area contributed by atoms with Crippen molar-refractivity contribution in [2.24, 2.45) is 0 Å². The molecule has 0 N–H and O–H groups in total. The van der Waals surface area contributed by atoms with Gasteiger partial charge in [-0.05, 0) is 38.4 Å². The smallest absolute Gasteiger partial charge is 0.232 e. The van der Waals surface area contributed by atoms with Gasteiger partial charge in [-0.3, -0.25) is 4.98 Å². The number of hydrogen-bond acceptors (Lipinski definition) is 7. The molecule has 3 aromatic rings. The first-order valence-corrected chi connectivity index (χ1v) is 8.16. The molecular formula is C16H18N4O2S. The summed E-state index contributed by atoms with van der Waals surface area (Å²) in [6, 6.07) is 7.72. The van der Waals surface area contributed by atoms with Crippen LogP contribution in [0, 0.1) is 0 Å². The average molecular weight is 330 g/mol. The van der Waals surface area contributed by atoms with Gasteiger partial charge in [-0.25, -0.2) is 0 Å². The van der Waals surface area contributed by atoms with Gasteiger partial charge in [-0.1, -0.05) is 5.16 Å². The molecule has 0 fully saturated rings. The van der Waals surface area contributed by atoms with Crippen molar-refractivity contribution in [3.05, 3.63) is 46.7 Å². The van der Waals surface area contributed by atoms with Crippen LogP contribution in [-0.4, -0.2) is 47.3 Å². The lowest BCUT2D eigenvalue weighted by Crippen LogP contribution is -2.19. The van der Waals surface area contributed by atoms with Gasteiger partial charge in [0.25, 0.3) is 0 Å². The van der Waals surface area contributed by atoms with Crippen molar-refractivity contribution in [3.8, 4) is 17.1 Å². The van der Waals surface area contributed by atoms with E-state index < -0.39 is 0 Å². The van der Waals surface area contributed by atoms with Gasteiger partial charge in [0.05, 0.1) is 11.9 Å². The van der Waals surface area contributed by atoms with Gasteiger partial charge in [0.15, 0.2) is 0 Å². The Morgan fingerprint density at radius 2 is 2.04 bits per heavy atom. The van der Waals surface area contributed by atoms with Crippen molar-refractivity contribution in [3.63, 3.8) is 0 Å². The molecule has 23 heavy (non-hydrogen) atoms. The molecule has 1 aromatic carbocycles. The van der Waals surface area contributed by atoms with Gasteiger partial charge in [0.1, 0.15) is 12.4 Å². The summed E-state index contributed by atoms with van der Waals surface area (Å²) in [5.74, 6) is 2.02. The summed E-state index contributed by atoms with van der Waals surface area (Å²) in [5.41, 5.74) is 2.70. The van der Waals surface area contributed by atoms with E-state index in [0.717, 1.165) is 22.7 Å². The van der Waals surface area contributed by atoms with Crippen LogP contribution in [0.4, 0.5) is 0 Å². The fourth-order valence-corrected chi connectivity index (χ4v) is 2.55. The molecule has 0 aliphatic carbocycles. The summed E-state index contributed by atoms with van der Waals surface area (Å²) in [6.45, 7) is 1.54. The summed E-state index contributed by atoms with van der Waals surface area (Å²) in [6.07, 6.45) is 2.43. The normalized spacial score (nSPS) is 11.1. The maximum absolute atomic E-state index is 5.67. The molecule has 0 saturated heterocycles. The second-order valence-electron chi connectivity index (χ2n) is 5.33. The van der Waals surface area contributed by atoms with Crippen LogP contribution in [-0.2, 0) is 6.42 Å². The Balaban J connectivity index is 1.62. The van der Waals surface area contributed by atoms with Crippen LogP contribution in [0.5, 0.6) is 5.75 Å². The van der Waals surface area contributed by atoms with E-state index in [9.17, 15) is 0 Å². The Morgan fingerprint density at radius 1 is 1.22 bits per heavy atom. The molecule has 7 heteroatoms. The quantitative estimate of drug-likeness (QED) is 0.664. The molecule has 120 valence electrons. The zero-order valence-corrected chi connectivity index (χ0v) is 13.9. The summed E-state index contributed by atoms with van der Waals surface area (Å²) in [4.78, 5) is 11.6.